The topological polar surface area (TPSA) is 100 Å². The van der Waals surface area contributed by atoms with Crippen LogP contribution in [0.25, 0.3) is 5.69 Å². The first-order valence-electron chi connectivity index (χ1n) is 8.18. The van der Waals surface area contributed by atoms with Gasteiger partial charge in [-0.1, -0.05) is 0 Å². The molecule has 0 radical (unpaired) electrons. The van der Waals surface area contributed by atoms with Crippen LogP contribution in [0.5, 0.6) is 0 Å². The first kappa shape index (κ1) is 17.9. The summed E-state index contributed by atoms with van der Waals surface area (Å²) < 4.78 is 1.94. The van der Waals surface area contributed by atoms with Gasteiger partial charge in [0, 0.05) is 34.9 Å². The fourth-order valence-electron chi connectivity index (χ4n) is 2.46. The maximum absolute atomic E-state index is 12.3. The lowest BCUT2D eigenvalue weighted by Crippen LogP contribution is -2.29. The molecule has 0 saturated carbocycles. The summed E-state index contributed by atoms with van der Waals surface area (Å²) >= 11 is 0. The highest BCUT2D eigenvalue weighted by Crippen LogP contribution is 2.14. The molecule has 7 nitrogen and oxygen atoms in total. The number of aromatic nitrogens is 1. The zero-order chi connectivity index (χ0) is 19.2. The van der Waals surface area contributed by atoms with Crippen molar-refractivity contribution in [2.75, 3.05) is 11.9 Å². The molecule has 2 aromatic carbocycles. The molecule has 0 saturated heterocycles. The Hall–Kier alpha value is -3.87. The Bertz CT molecular complexity index is 946. The number of benzene rings is 2. The van der Waals surface area contributed by atoms with Crippen LogP contribution >= 0.6 is 0 Å². The normalized spacial score (nSPS) is 10.2. The number of nitrogens with one attached hydrogen (secondary N) is 2. The smallest absolute Gasteiger partial charge is 0.322 e. The summed E-state index contributed by atoms with van der Waals surface area (Å²) in [7, 11) is 0. The number of carboxylic acids is 1. The first-order chi connectivity index (χ1) is 13.0. The van der Waals surface area contributed by atoms with Gasteiger partial charge in [0.1, 0.15) is 6.54 Å². The molecule has 0 spiro atoms. The van der Waals surface area contributed by atoms with Crippen LogP contribution in [0.4, 0.5) is 5.69 Å². The molecule has 3 aromatic rings. The van der Waals surface area contributed by atoms with Crippen molar-refractivity contribution in [2.24, 2.45) is 0 Å². The van der Waals surface area contributed by atoms with Crippen LogP contribution in [0.15, 0.2) is 73.1 Å². The third-order valence-corrected chi connectivity index (χ3v) is 3.84. The Balaban J connectivity index is 1.62. The van der Waals surface area contributed by atoms with Gasteiger partial charge in [-0.25, -0.2) is 0 Å². The maximum atomic E-state index is 12.3. The maximum Gasteiger partial charge on any atom is 0.322 e. The molecular formula is C20H17N3O4. The van der Waals surface area contributed by atoms with Gasteiger partial charge in [-0.3, -0.25) is 14.4 Å². The van der Waals surface area contributed by atoms with Crippen LogP contribution in [-0.2, 0) is 4.79 Å². The third-order valence-electron chi connectivity index (χ3n) is 3.84. The molecule has 0 aliphatic carbocycles. The Kier molecular flexibility index (Phi) is 5.32. The molecule has 3 rings (SSSR count). The average molecular weight is 363 g/mol. The minimum Gasteiger partial charge on any atom is -0.480 e. The monoisotopic (exact) mass is 363 g/mol. The lowest BCUT2D eigenvalue weighted by Gasteiger charge is -2.08. The zero-order valence-electron chi connectivity index (χ0n) is 14.3. The molecule has 0 unspecified atom stereocenters. The number of hydrogen-bond acceptors (Lipinski definition) is 3. The third kappa shape index (κ3) is 4.60. The molecule has 0 fully saturated rings. The van der Waals surface area contributed by atoms with E-state index >= 15 is 0 Å². The van der Waals surface area contributed by atoms with E-state index in [0.717, 1.165) is 5.69 Å². The van der Waals surface area contributed by atoms with Crippen molar-refractivity contribution in [2.45, 2.75) is 0 Å². The molecule has 2 amide bonds. The summed E-state index contributed by atoms with van der Waals surface area (Å²) in [6.07, 6.45) is 3.84. The summed E-state index contributed by atoms with van der Waals surface area (Å²) in [6, 6.07) is 17.2. The molecule has 7 heteroatoms. The highest BCUT2D eigenvalue weighted by molar-refractivity contribution is 6.04. The molecule has 136 valence electrons. The van der Waals surface area contributed by atoms with Crippen LogP contribution in [-0.4, -0.2) is 34.0 Å². The Morgan fingerprint density at radius 3 is 1.96 bits per heavy atom. The lowest BCUT2D eigenvalue weighted by molar-refractivity contribution is -0.135. The fraction of sp³-hybridized carbons (Fsp3) is 0.0500. The van der Waals surface area contributed by atoms with E-state index in [2.05, 4.69) is 10.6 Å². The van der Waals surface area contributed by atoms with Crippen molar-refractivity contribution in [3.8, 4) is 5.69 Å². The van der Waals surface area contributed by atoms with Gasteiger partial charge in [0.2, 0.25) is 0 Å². The standard InChI is InChI=1S/C20H17N3O4/c24-18(25)13-21-19(26)14-3-7-16(8-4-14)22-20(27)15-5-9-17(10-6-15)23-11-1-2-12-23/h1-12H,13H2,(H,21,26)(H,22,27)(H,24,25). The van der Waals surface area contributed by atoms with Crippen molar-refractivity contribution in [1.82, 2.24) is 9.88 Å². The van der Waals surface area contributed by atoms with Gasteiger partial charge < -0.3 is 20.3 Å². The molecule has 27 heavy (non-hydrogen) atoms. The SMILES string of the molecule is O=C(O)CNC(=O)c1ccc(NC(=O)c2ccc(-n3cccc3)cc2)cc1. The molecule has 0 bridgehead atoms. The average Bonchev–Trinajstić information content (AvgIpc) is 3.21. The number of carbonyl (C=O) groups excluding carboxylic acids is 2. The lowest BCUT2D eigenvalue weighted by atomic mass is 10.1. The second-order valence-electron chi connectivity index (χ2n) is 5.75. The number of carboxylic acid groups (broad SMARTS) is 1. The van der Waals surface area contributed by atoms with E-state index in [1.165, 1.54) is 12.1 Å². The van der Waals surface area contributed by atoms with Crippen LogP contribution < -0.4 is 10.6 Å². The number of carbonyl (C=O) groups is 3. The number of nitrogens with zero attached hydrogens (tertiary/aromatic N) is 1. The van der Waals surface area contributed by atoms with Gasteiger partial charge in [-0.2, -0.15) is 0 Å². The van der Waals surface area contributed by atoms with Crippen LogP contribution in [0.2, 0.25) is 0 Å². The minimum absolute atomic E-state index is 0.267. The van der Waals surface area contributed by atoms with Crippen molar-refractivity contribution < 1.29 is 19.5 Å². The number of rotatable bonds is 6. The highest BCUT2D eigenvalue weighted by atomic mass is 16.4. The van der Waals surface area contributed by atoms with Gasteiger partial charge in [0.15, 0.2) is 0 Å². The van der Waals surface area contributed by atoms with Crippen molar-refractivity contribution in [3.63, 3.8) is 0 Å². The first-order valence-corrected chi connectivity index (χ1v) is 8.18. The van der Waals surface area contributed by atoms with E-state index in [1.54, 1.807) is 24.3 Å². The van der Waals surface area contributed by atoms with Gasteiger partial charge in [0.05, 0.1) is 0 Å². The molecule has 1 heterocycles. The molecule has 0 aliphatic heterocycles. The Morgan fingerprint density at radius 2 is 1.37 bits per heavy atom. The minimum atomic E-state index is -1.12. The van der Waals surface area contributed by atoms with Crippen molar-refractivity contribution in [1.29, 1.82) is 0 Å². The molecule has 0 atom stereocenters. The van der Waals surface area contributed by atoms with Gasteiger partial charge >= 0.3 is 5.97 Å². The molecule has 3 N–H and O–H groups in total. The molecule has 0 aliphatic rings. The number of hydrogen-bond donors (Lipinski definition) is 3. The second-order valence-corrected chi connectivity index (χ2v) is 5.75. The summed E-state index contributed by atoms with van der Waals surface area (Å²) in [5.74, 6) is -1.87. The van der Waals surface area contributed by atoms with E-state index in [4.69, 9.17) is 5.11 Å². The van der Waals surface area contributed by atoms with Gasteiger partial charge in [-0.05, 0) is 60.7 Å². The highest BCUT2D eigenvalue weighted by Gasteiger charge is 2.09. The predicted molar refractivity (Wildman–Crippen MR) is 100 cm³/mol. The quantitative estimate of drug-likeness (QED) is 0.626. The summed E-state index contributed by atoms with van der Waals surface area (Å²) in [6.45, 7) is -0.448. The van der Waals surface area contributed by atoms with Gasteiger partial charge in [0.25, 0.3) is 11.8 Å². The largest absolute Gasteiger partial charge is 0.480 e. The Labute approximate surface area is 155 Å². The molecule has 1 aromatic heterocycles. The van der Waals surface area contributed by atoms with Crippen molar-refractivity contribution in [3.05, 3.63) is 84.2 Å². The molecular weight excluding hydrogens is 346 g/mol. The van der Waals surface area contributed by atoms with Gasteiger partial charge in [-0.15, -0.1) is 0 Å². The zero-order valence-corrected chi connectivity index (χ0v) is 14.3. The number of anilines is 1. The van der Waals surface area contributed by atoms with Crippen LogP contribution in [0, 0.1) is 0 Å². The summed E-state index contributed by atoms with van der Waals surface area (Å²) in [5, 5.41) is 13.6. The van der Waals surface area contributed by atoms with Crippen molar-refractivity contribution >= 4 is 23.5 Å². The number of amides is 2. The Morgan fingerprint density at radius 1 is 0.815 bits per heavy atom. The van der Waals surface area contributed by atoms with Crippen LogP contribution in [0.3, 0.4) is 0 Å². The summed E-state index contributed by atoms with van der Waals surface area (Å²) in [4.78, 5) is 34.6. The number of aliphatic carboxylic acids is 1. The van der Waals surface area contributed by atoms with Crippen LogP contribution in [0.1, 0.15) is 20.7 Å². The van der Waals surface area contributed by atoms with E-state index in [9.17, 15) is 14.4 Å². The second kappa shape index (κ2) is 8.01. The summed E-state index contributed by atoms with van der Waals surface area (Å²) in [5.41, 5.74) is 2.30. The fourth-order valence-corrected chi connectivity index (χ4v) is 2.46. The van der Waals surface area contributed by atoms with E-state index in [0.29, 0.717) is 16.8 Å². The van der Waals surface area contributed by atoms with E-state index in [-0.39, 0.29) is 5.91 Å². The predicted octanol–water partition coefficient (Wildman–Crippen LogP) is 2.54. The van der Waals surface area contributed by atoms with E-state index in [1.807, 2.05) is 41.2 Å². The van der Waals surface area contributed by atoms with E-state index < -0.39 is 18.4 Å².